The van der Waals surface area contributed by atoms with Gasteiger partial charge in [0.1, 0.15) is 5.65 Å². The molecule has 0 aliphatic carbocycles. The highest BCUT2D eigenvalue weighted by Gasteiger charge is 2.23. The quantitative estimate of drug-likeness (QED) is 0.792. The van der Waals surface area contributed by atoms with Gasteiger partial charge in [-0.15, -0.1) is 0 Å². The van der Waals surface area contributed by atoms with E-state index in [1.807, 2.05) is 27.0 Å². The fourth-order valence-electron chi connectivity index (χ4n) is 1.46. The number of amides is 1. The Morgan fingerprint density at radius 3 is 2.68 bits per heavy atom. The Hall–Kier alpha value is -1.38. The lowest BCUT2D eigenvalue weighted by Crippen LogP contribution is -2.28. The van der Waals surface area contributed by atoms with Gasteiger partial charge in [-0.25, -0.2) is 0 Å². The minimum atomic E-state index is -0.504. The lowest BCUT2D eigenvalue weighted by atomic mass is 9.96. The Labute approximate surface area is 124 Å². The molecule has 2 heterocycles. The molecule has 2 rings (SSSR count). The van der Waals surface area contributed by atoms with Gasteiger partial charge >= 0.3 is 0 Å². The second-order valence-electron chi connectivity index (χ2n) is 5.12. The molecule has 0 bridgehead atoms. The van der Waals surface area contributed by atoms with E-state index < -0.39 is 5.41 Å². The smallest absolute Gasteiger partial charge is 0.234 e. The molecule has 2 aromatic rings. The fraction of sp³-hybridized carbons (Fsp3) is 0.417. The molecule has 0 spiro atoms. The van der Waals surface area contributed by atoms with Crippen LogP contribution in [0.15, 0.2) is 6.20 Å². The van der Waals surface area contributed by atoms with Gasteiger partial charge in [0.15, 0.2) is 0 Å². The summed E-state index contributed by atoms with van der Waals surface area (Å²) in [6.07, 6.45) is 1.82. The highest BCUT2D eigenvalue weighted by Crippen LogP contribution is 2.28. The van der Waals surface area contributed by atoms with Crippen molar-refractivity contribution in [2.24, 2.45) is 5.41 Å². The Morgan fingerprint density at radius 1 is 1.42 bits per heavy atom. The zero-order chi connectivity index (χ0) is 14.2. The summed E-state index contributed by atoms with van der Waals surface area (Å²) in [7, 11) is 1.54. The number of halogens is 1. The number of anilines is 1. The molecule has 0 saturated heterocycles. The van der Waals surface area contributed by atoms with Crippen molar-refractivity contribution in [3.63, 3.8) is 0 Å². The molecule has 0 aliphatic rings. The molecule has 1 amide bonds. The molecule has 2 aromatic heterocycles. The van der Waals surface area contributed by atoms with Crippen LogP contribution in [0, 0.1) is 8.99 Å². The van der Waals surface area contributed by atoms with Crippen LogP contribution >= 0.6 is 22.6 Å². The number of fused-ring (bicyclic) bond motifs is 1. The van der Waals surface area contributed by atoms with Crippen LogP contribution in [0.2, 0.25) is 0 Å². The number of carbonyl (C=O) groups excluding carboxylic acids is 1. The summed E-state index contributed by atoms with van der Waals surface area (Å²) in [5, 5.41) is 3.51. The maximum absolute atomic E-state index is 11.9. The standard InChI is InChI=1S/C12H15IN4O2/c1-12(2,3)10(18)17-11-15-8-7(6(13)5-14-8)9(16-11)19-4/h5H,1-4H3,(H2,14,15,16,17,18). The number of methoxy groups -OCH3 is 1. The Bertz CT molecular complexity index is 630. The monoisotopic (exact) mass is 374 g/mol. The van der Waals surface area contributed by atoms with Gasteiger partial charge in [0, 0.05) is 15.2 Å². The Balaban J connectivity index is 2.43. The molecule has 6 nitrogen and oxygen atoms in total. The lowest BCUT2D eigenvalue weighted by molar-refractivity contribution is -0.123. The van der Waals surface area contributed by atoms with Gasteiger partial charge < -0.3 is 9.72 Å². The molecule has 19 heavy (non-hydrogen) atoms. The van der Waals surface area contributed by atoms with Gasteiger partial charge in [0.25, 0.3) is 0 Å². The third-order valence-electron chi connectivity index (χ3n) is 2.55. The van der Waals surface area contributed by atoms with E-state index in [0.717, 1.165) is 8.96 Å². The normalized spacial score (nSPS) is 11.6. The lowest BCUT2D eigenvalue weighted by Gasteiger charge is -2.16. The first-order valence-electron chi connectivity index (χ1n) is 5.73. The largest absolute Gasteiger partial charge is 0.480 e. The molecule has 0 saturated carbocycles. The number of aromatic amines is 1. The summed E-state index contributed by atoms with van der Waals surface area (Å²) in [6, 6.07) is 0. The van der Waals surface area contributed by atoms with Crippen LogP contribution in [0.3, 0.4) is 0 Å². The maximum Gasteiger partial charge on any atom is 0.234 e. The van der Waals surface area contributed by atoms with Gasteiger partial charge in [-0.1, -0.05) is 20.8 Å². The number of carbonyl (C=O) groups is 1. The van der Waals surface area contributed by atoms with E-state index in [2.05, 4.69) is 42.9 Å². The summed E-state index contributed by atoms with van der Waals surface area (Å²) >= 11 is 2.17. The van der Waals surface area contributed by atoms with Crippen LogP contribution in [0.1, 0.15) is 20.8 Å². The van der Waals surface area contributed by atoms with Crippen molar-refractivity contribution in [2.75, 3.05) is 12.4 Å². The average Bonchev–Trinajstić information content (AvgIpc) is 2.69. The fourth-order valence-corrected chi connectivity index (χ4v) is 2.10. The highest BCUT2D eigenvalue weighted by atomic mass is 127. The number of aromatic nitrogens is 3. The second-order valence-corrected chi connectivity index (χ2v) is 6.28. The zero-order valence-electron chi connectivity index (χ0n) is 11.2. The van der Waals surface area contributed by atoms with Crippen molar-refractivity contribution < 1.29 is 9.53 Å². The minimum absolute atomic E-state index is 0.143. The van der Waals surface area contributed by atoms with Crippen LogP contribution < -0.4 is 10.1 Å². The second kappa shape index (κ2) is 4.95. The van der Waals surface area contributed by atoms with E-state index in [1.54, 1.807) is 7.11 Å². The molecule has 0 fully saturated rings. The Morgan fingerprint density at radius 2 is 2.11 bits per heavy atom. The van der Waals surface area contributed by atoms with Crippen LogP contribution in [-0.4, -0.2) is 28.0 Å². The van der Waals surface area contributed by atoms with Crippen molar-refractivity contribution in [3.05, 3.63) is 9.77 Å². The number of H-pyrrole nitrogens is 1. The molecule has 0 atom stereocenters. The predicted molar refractivity (Wildman–Crippen MR) is 81.2 cm³/mol. The summed E-state index contributed by atoms with van der Waals surface area (Å²) in [5.41, 5.74) is 0.135. The molecule has 0 unspecified atom stereocenters. The molecule has 0 aliphatic heterocycles. The highest BCUT2D eigenvalue weighted by molar-refractivity contribution is 14.1. The molecular formula is C12H15IN4O2. The number of nitrogens with one attached hydrogen (secondary N) is 2. The number of hydrogen-bond acceptors (Lipinski definition) is 4. The van der Waals surface area contributed by atoms with Gasteiger partial charge in [-0.3, -0.25) is 10.1 Å². The van der Waals surface area contributed by atoms with Gasteiger partial charge in [0.2, 0.25) is 17.7 Å². The van der Waals surface area contributed by atoms with Gasteiger partial charge in [-0.05, 0) is 22.6 Å². The number of rotatable bonds is 2. The molecule has 2 N–H and O–H groups in total. The zero-order valence-corrected chi connectivity index (χ0v) is 13.3. The molecule has 102 valence electrons. The molecule has 0 radical (unpaired) electrons. The predicted octanol–water partition coefficient (Wildman–Crippen LogP) is 2.56. The third-order valence-corrected chi connectivity index (χ3v) is 3.40. The van der Waals surface area contributed by atoms with Crippen LogP contribution in [0.4, 0.5) is 5.95 Å². The number of nitrogens with zero attached hydrogens (tertiary/aromatic N) is 2. The van der Waals surface area contributed by atoms with Gasteiger partial charge in [0.05, 0.1) is 12.5 Å². The first-order chi connectivity index (χ1) is 8.82. The summed E-state index contributed by atoms with van der Waals surface area (Å²) in [5.74, 6) is 0.539. The molecular weight excluding hydrogens is 359 g/mol. The molecule has 0 aromatic carbocycles. The summed E-state index contributed by atoms with van der Waals surface area (Å²) in [4.78, 5) is 23.4. The van der Waals surface area contributed by atoms with E-state index in [0.29, 0.717) is 11.5 Å². The van der Waals surface area contributed by atoms with Crippen LogP contribution in [-0.2, 0) is 4.79 Å². The molecule has 7 heteroatoms. The summed E-state index contributed by atoms with van der Waals surface area (Å²) < 4.78 is 6.22. The van der Waals surface area contributed by atoms with E-state index in [9.17, 15) is 4.79 Å². The number of ether oxygens (including phenoxy) is 1. The van der Waals surface area contributed by atoms with E-state index in [1.165, 1.54) is 0 Å². The first-order valence-corrected chi connectivity index (χ1v) is 6.81. The van der Waals surface area contributed by atoms with Crippen molar-refractivity contribution >= 4 is 45.5 Å². The maximum atomic E-state index is 11.9. The van der Waals surface area contributed by atoms with E-state index >= 15 is 0 Å². The van der Waals surface area contributed by atoms with E-state index in [4.69, 9.17) is 4.74 Å². The topological polar surface area (TPSA) is 79.9 Å². The number of hydrogen-bond donors (Lipinski definition) is 2. The Kier molecular flexibility index (Phi) is 3.66. The average molecular weight is 374 g/mol. The summed E-state index contributed by atoms with van der Waals surface area (Å²) in [6.45, 7) is 5.49. The van der Waals surface area contributed by atoms with Crippen molar-refractivity contribution in [2.45, 2.75) is 20.8 Å². The van der Waals surface area contributed by atoms with E-state index in [-0.39, 0.29) is 11.9 Å². The van der Waals surface area contributed by atoms with Crippen molar-refractivity contribution in [3.8, 4) is 5.88 Å². The van der Waals surface area contributed by atoms with Gasteiger partial charge in [-0.2, -0.15) is 9.97 Å². The van der Waals surface area contributed by atoms with Crippen LogP contribution in [0.25, 0.3) is 11.0 Å². The third kappa shape index (κ3) is 2.80. The van der Waals surface area contributed by atoms with Crippen molar-refractivity contribution in [1.29, 1.82) is 0 Å². The SMILES string of the molecule is COc1nc(NC(=O)C(C)(C)C)nc2[nH]cc(I)c12. The first kappa shape index (κ1) is 14.0. The minimum Gasteiger partial charge on any atom is -0.480 e. The van der Waals surface area contributed by atoms with Crippen LogP contribution in [0.5, 0.6) is 5.88 Å². The van der Waals surface area contributed by atoms with Crippen molar-refractivity contribution in [1.82, 2.24) is 15.0 Å².